The highest BCUT2D eigenvalue weighted by Gasteiger charge is 2.37. The van der Waals surface area contributed by atoms with Crippen molar-refractivity contribution in [2.75, 3.05) is 12.3 Å². The minimum absolute atomic E-state index is 0.165. The van der Waals surface area contributed by atoms with Gasteiger partial charge in [-0.2, -0.15) is 5.10 Å². The van der Waals surface area contributed by atoms with Crippen LogP contribution in [-0.4, -0.2) is 46.3 Å². The van der Waals surface area contributed by atoms with E-state index in [0.717, 1.165) is 41.2 Å². The molecule has 2 unspecified atom stereocenters. The van der Waals surface area contributed by atoms with Crippen molar-refractivity contribution < 1.29 is 8.42 Å². The second-order valence-corrected chi connectivity index (χ2v) is 8.79. The molecule has 4 heterocycles. The minimum Gasteiger partial charge on any atom is -0.301 e. The molecule has 0 aromatic carbocycles. The number of aromatic amines is 1. The molecule has 0 amide bonds. The maximum atomic E-state index is 12.8. The Bertz CT molecular complexity index is 1010. The Labute approximate surface area is 146 Å². The topological polar surface area (TPSA) is 101 Å². The predicted molar refractivity (Wildman–Crippen MR) is 97.0 cm³/mol. The molecule has 0 radical (unpaired) electrons. The van der Waals surface area contributed by atoms with E-state index in [1.54, 1.807) is 18.6 Å². The number of nitrogens with one attached hydrogen (secondary N) is 2. The molecule has 132 valence electrons. The largest absolute Gasteiger partial charge is 0.301 e. The lowest BCUT2D eigenvalue weighted by molar-refractivity contribution is 0.406. The fraction of sp³-hybridized carbons (Fsp3) is 0.471. The third kappa shape index (κ3) is 2.79. The van der Waals surface area contributed by atoms with Crippen LogP contribution in [0.4, 0.5) is 0 Å². The van der Waals surface area contributed by atoms with E-state index in [1.807, 2.05) is 13.0 Å². The normalized spacial score (nSPS) is 21.8. The van der Waals surface area contributed by atoms with Crippen molar-refractivity contribution in [3.8, 4) is 0 Å². The van der Waals surface area contributed by atoms with Crippen molar-refractivity contribution in [3.05, 3.63) is 30.4 Å². The highest BCUT2D eigenvalue weighted by atomic mass is 32.2. The summed E-state index contributed by atoms with van der Waals surface area (Å²) in [6.07, 6.45) is 7.55. The van der Waals surface area contributed by atoms with Crippen LogP contribution in [0.15, 0.2) is 24.7 Å². The van der Waals surface area contributed by atoms with E-state index in [2.05, 4.69) is 25.5 Å². The molecule has 1 aliphatic rings. The van der Waals surface area contributed by atoms with E-state index in [-0.39, 0.29) is 11.7 Å². The van der Waals surface area contributed by atoms with Crippen molar-refractivity contribution >= 4 is 31.6 Å². The van der Waals surface area contributed by atoms with Gasteiger partial charge < -0.3 is 5.32 Å². The Morgan fingerprint density at radius 1 is 1.28 bits per heavy atom. The summed E-state index contributed by atoms with van der Waals surface area (Å²) in [5.74, 6) is 0.0239. The average Bonchev–Trinajstić information content (AvgIpc) is 3.10. The van der Waals surface area contributed by atoms with Crippen LogP contribution in [0.5, 0.6) is 0 Å². The predicted octanol–water partition coefficient (Wildman–Crippen LogP) is 2.12. The fourth-order valence-electron chi connectivity index (χ4n) is 3.81. The maximum Gasteiger partial charge on any atom is 0.166 e. The van der Waals surface area contributed by atoms with Gasteiger partial charge in [0.1, 0.15) is 5.37 Å². The molecule has 2 N–H and O–H groups in total. The fourth-order valence-corrected chi connectivity index (χ4v) is 5.78. The molecule has 1 fully saturated rings. The van der Waals surface area contributed by atoms with E-state index in [9.17, 15) is 8.42 Å². The summed E-state index contributed by atoms with van der Waals surface area (Å²) in [4.78, 5) is 8.63. The first-order chi connectivity index (χ1) is 12.1. The molecule has 0 bridgehead atoms. The molecule has 1 aliphatic heterocycles. The van der Waals surface area contributed by atoms with Gasteiger partial charge in [0.2, 0.25) is 0 Å². The maximum absolute atomic E-state index is 12.8. The molecular formula is C17H21N5O2S. The third-order valence-corrected chi connectivity index (χ3v) is 7.12. The van der Waals surface area contributed by atoms with Gasteiger partial charge in [0, 0.05) is 40.2 Å². The molecule has 4 rings (SSSR count). The first-order valence-corrected chi connectivity index (χ1v) is 10.3. The monoisotopic (exact) mass is 359 g/mol. The van der Waals surface area contributed by atoms with Crippen LogP contribution in [0.1, 0.15) is 37.8 Å². The second-order valence-electron chi connectivity index (χ2n) is 6.54. The number of nitrogens with zero attached hydrogens (tertiary/aromatic N) is 3. The molecule has 3 aromatic heterocycles. The van der Waals surface area contributed by atoms with E-state index in [1.165, 1.54) is 0 Å². The second kappa shape index (κ2) is 6.34. The zero-order valence-electron chi connectivity index (χ0n) is 14.1. The van der Waals surface area contributed by atoms with E-state index < -0.39 is 15.2 Å². The van der Waals surface area contributed by atoms with Crippen LogP contribution < -0.4 is 5.32 Å². The van der Waals surface area contributed by atoms with Gasteiger partial charge in [0.15, 0.2) is 15.5 Å². The SMILES string of the molecule is CCCS(=O)(=O)C1NCCCC1c1[nH]ncc2cnc3nccc3c12. The minimum atomic E-state index is -3.23. The summed E-state index contributed by atoms with van der Waals surface area (Å²) in [5.41, 5.74) is 1.53. The molecular weight excluding hydrogens is 338 g/mol. The van der Waals surface area contributed by atoms with Crippen LogP contribution in [0.2, 0.25) is 0 Å². The molecule has 0 aliphatic carbocycles. The van der Waals surface area contributed by atoms with Crippen molar-refractivity contribution in [3.63, 3.8) is 0 Å². The first-order valence-electron chi connectivity index (χ1n) is 8.63. The van der Waals surface area contributed by atoms with E-state index >= 15 is 0 Å². The van der Waals surface area contributed by atoms with Gasteiger partial charge in [-0.3, -0.25) is 5.10 Å². The third-order valence-electron chi connectivity index (χ3n) is 4.87. The van der Waals surface area contributed by atoms with Gasteiger partial charge in [0.05, 0.1) is 11.9 Å². The number of hydrogen-bond acceptors (Lipinski definition) is 6. The molecule has 0 saturated carbocycles. The van der Waals surface area contributed by atoms with Crippen LogP contribution in [0, 0.1) is 0 Å². The molecule has 2 atom stereocenters. The number of piperidine rings is 1. The summed E-state index contributed by atoms with van der Waals surface area (Å²) in [7, 11) is -3.23. The lowest BCUT2D eigenvalue weighted by Gasteiger charge is -2.32. The van der Waals surface area contributed by atoms with Crippen LogP contribution in [-0.2, 0) is 9.84 Å². The molecule has 8 heteroatoms. The quantitative estimate of drug-likeness (QED) is 0.740. The molecule has 3 aromatic rings. The van der Waals surface area contributed by atoms with Gasteiger partial charge in [-0.1, -0.05) is 6.92 Å². The van der Waals surface area contributed by atoms with E-state index in [0.29, 0.717) is 12.1 Å². The zero-order chi connectivity index (χ0) is 17.4. The smallest absolute Gasteiger partial charge is 0.166 e. The number of fused-ring (bicyclic) bond motifs is 3. The van der Waals surface area contributed by atoms with Crippen molar-refractivity contribution in [2.24, 2.45) is 0 Å². The Balaban J connectivity index is 1.91. The van der Waals surface area contributed by atoms with Crippen molar-refractivity contribution in [1.82, 2.24) is 25.5 Å². The van der Waals surface area contributed by atoms with Crippen LogP contribution in [0.3, 0.4) is 0 Å². The number of H-pyrrole nitrogens is 1. The highest BCUT2D eigenvalue weighted by molar-refractivity contribution is 7.92. The number of aromatic nitrogens is 4. The highest BCUT2D eigenvalue weighted by Crippen LogP contribution is 2.36. The lowest BCUT2D eigenvalue weighted by Crippen LogP contribution is -2.46. The van der Waals surface area contributed by atoms with Crippen LogP contribution in [0.25, 0.3) is 21.8 Å². The summed E-state index contributed by atoms with van der Waals surface area (Å²) in [5, 5.41) is 12.8. The summed E-state index contributed by atoms with van der Waals surface area (Å²) in [6.45, 7) is 2.61. The Kier molecular flexibility index (Phi) is 4.16. The van der Waals surface area contributed by atoms with Crippen molar-refractivity contribution in [1.29, 1.82) is 0 Å². The Morgan fingerprint density at radius 3 is 3.00 bits per heavy atom. The standard InChI is InChI=1S/C17H21N5O2S/c1-2-8-25(23,24)17-13(4-3-6-19-17)15-14-11(10-21-22-15)9-20-16-12(14)5-7-18-16/h5,7,9-10,13,17,19,22H,2-4,6,8H2,1H3. The number of sulfone groups is 1. The van der Waals surface area contributed by atoms with Gasteiger partial charge >= 0.3 is 0 Å². The molecule has 7 nitrogen and oxygen atoms in total. The summed E-state index contributed by atoms with van der Waals surface area (Å²) in [6, 6.07) is 1.92. The van der Waals surface area contributed by atoms with Gasteiger partial charge in [0.25, 0.3) is 0 Å². The average molecular weight is 359 g/mol. The Morgan fingerprint density at radius 2 is 2.16 bits per heavy atom. The van der Waals surface area contributed by atoms with Crippen molar-refractivity contribution in [2.45, 2.75) is 37.5 Å². The lowest BCUT2D eigenvalue weighted by atomic mass is 9.92. The Hall–Kier alpha value is -2.06. The van der Waals surface area contributed by atoms with Crippen LogP contribution >= 0.6 is 0 Å². The summed E-state index contributed by atoms with van der Waals surface area (Å²) >= 11 is 0. The zero-order valence-corrected chi connectivity index (χ0v) is 14.9. The van der Waals surface area contributed by atoms with Gasteiger partial charge in [-0.25, -0.2) is 18.4 Å². The number of hydrogen-bond donors (Lipinski definition) is 2. The van der Waals surface area contributed by atoms with Gasteiger partial charge in [-0.05, 0) is 31.9 Å². The number of rotatable bonds is 4. The molecule has 0 spiro atoms. The summed E-state index contributed by atoms with van der Waals surface area (Å²) < 4.78 is 25.6. The van der Waals surface area contributed by atoms with E-state index in [4.69, 9.17) is 0 Å². The first kappa shape index (κ1) is 16.4. The molecule has 1 saturated heterocycles. The number of pyridine rings is 1. The molecule has 25 heavy (non-hydrogen) atoms. The van der Waals surface area contributed by atoms with Gasteiger partial charge in [-0.15, -0.1) is 0 Å².